The Morgan fingerprint density at radius 2 is 2.07 bits per heavy atom. The molecule has 1 aliphatic rings. The van der Waals surface area contributed by atoms with Crippen LogP contribution in [0.25, 0.3) is 11.2 Å². The Bertz CT molecular complexity index is 816. The largest absolute Gasteiger partial charge is 0.438 e. The van der Waals surface area contributed by atoms with Crippen LogP contribution in [0.4, 0.5) is 0 Å². The van der Waals surface area contributed by atoms with Crippen LogP contribution in [-0.4, -0.2) is 55.7 Å². The van der Waals surface area contributed by atoms with Crippen molar-refractivity contribution >= 4 is 17.1 Å². The van der Waals surface area contributed by atoms with E-state index >= 15 is 0 Å². The van der Waals surface area contributed by atoms with Gasteiger partial charge in [0, 0.05) is 0 Å². The Morgan fingerprint density at radius 1 is 1.33 bits per heavy atom. The molecule has 2 aromatic heterocycles. The molecule has 0 radical (unpaired) electrons. The highest BCUT2D eigenvalue weighted by molar-refractivity contribution is 5.75. The molecule has 9 heteroatoms. The summed E-state index contributed by atoms with van der Waals surface area (Å²) in [6.07, 6.45) is 1.03. The molecule has 0 bridgehead atoms. The second-order valence-corrected chi connectivity index (χ2v) is 7.68. The monoisotopic (exact) mass is 378 g/mol. The van der Waals surface area contributed by atoms with Gasteiger partial charge in [-0.25, -0.2) is 15.0 Å². The third-order valence-electron chi connectivity index (χ3n) is 4.59. The number of hydrogen-bond donors (Lipinski definition) is 1. The topological polar surface area (TPSA) is 109 Å². The lowest BCUT2D eigenvalue weighted by Crippen LogP contribution is -2.35. The van der Waals surface area contributed by atoms with Crippen LogP contribution in [0, 0.1) is 12.3 Å². The second-order valence-electron chi connectivity index (χ2n) is 7.68. The van der Waals surface area contributed by atoms with Crippen LogP contribution in [0.1, 0.15) is 46.0 Å². The Balaban J connectivity index is 1.81. The Kier molecular flexibility index (Phi) is 5.45. The quantitative estimate of drug-likeness (QED) is 0.619. The van der Waals surface area contributed by atoms with Crippen molar-refractivity contribution in [2.24, 2.45) is 5.41 Å². The molecule has 9 nitrogen and oxygen atoms in total. The van der Waals surface area contributed by atoms with Crippen molar-refractivity contribution < 1.29 is 24.1 Å². The van der Waals surface area contributed by atoms with Crippen molar-refractivity contribution in [3.8, 4) is 0 Å². The zero-order chi connectivity index (χ0) is 19.8. The first-order chi connectivity index (χ1) is 12.7. The summed E-state index contributed by atoms with van der Waals surface area (Å²) in [4.78, 5) is 24.7. The number of esters is 1. The number of aliphatic hydroxyl groups is 1. The molecule has 1 N–H and O–H groups in total. The minimum Gasteiger partial charge on any atom is -0.438 e. The summed E-state index contributed by atoms with van der Waals surface area (Å²) in [7, 11) is 0. The predicted octanol–water partition coefficient (Wildman–Crippen LogP) is 1.74. The van der Waals surface area contributed by atoms with Gasteiger partial charge in [-0.1, -0.05) is 6.92 Å². The van der Waals surface area contributed by atoms with Crippen molar-refractivity contribution in [2.75, 3.05) is 6.79 Å². The number of nitrogens with zero attached hydrogens (tertiary/aromatic N) is 4. The number of rotatable bonds is 5. The summed E-state index contributed by atoms with van der Waals surface area (Å²) >= 11 is 0. The van der Waals surface area contributed by atoms with Gasteiger partial charge in [0.05, 0.1) is 23.5 Å². The molecular formula is C18H26N4O5. The average Bonchev–Trinajstić information content (AvgIpc) is 3.16. The molecule has 0 saturated carbocycles. The lowest BCUT2D eigenvalue weighted by molar-refractivity contribution is -0.179. The average molecular weight is 378 g/mol. The van der Waals surface area contributed by atoms with Crippen LogP contribution in [-0.2, 0) is 19.0 Å². The summed E-state index contributed by atoms with van der Waals surface area (Å²) in [5.41, 5.74) is 1.38. The van der Waals surface area contributed by atoms with Gasteiger partial charge in [0.1, 0.15) is 24.1 Å². The highest BCUT2D eigenvalue weighted by Gasteiger charge is 2.45. The van der Waals surface area contributed by atoms with Crippen molar-refractivity contribution in [2.45, 2.75) is 65.6 Å². The van der Waals surface area contributed by atoms with Crippen LogP contribution in [0.3, 0.4) is 0 Å². The van der Waals surface area contributed by atoms with Crippen molar-refractivity contribution in [1.29, 1.82) is 0 Å². The molecule has 3 heterocycles. The number of aryl methyl sites for hydroxylation is 1. The highest BCUT2D eigenvalue weighted by atomic mass is 16.7. The van der Waals surface area contributed by atoms with E-state index in [1.807, 2.05) is 13.8 Å². The molecule has 27 heavy (non-hydrogen) atoms. The summed E-state index contributed by atoms with van der Waals surface area (Å²) in [6, 6.07) is 0. The summed E-state index contributed by atoms with van der Waals surface area (Å²) < 4.78 is 18.6. The molecule has 0 spiro atoms. The van der Waals surface area contributed by atoms with Crippen molar-refractivity contribution in [3.05, 3.63) is 18.3 Å². The molecule has 148 valence electrons. The summed E-state index contributed by atoms with van der Waals surface area (Å²) in [5.74, 6) is -0.379. The first-order valence-electron chi connectivity index (χ1n) is 9.00. The number of carbonyl (C=O) groups excluding carboxylic acids is 1. The van der Waals surface area contributed by atoms with Gasteiger partial charge in [0.25, 0.3) is 0 Å². The standard InChI is InChI=1S/C18H26N4O5/c1-6-11-13(23)14(25-9-26-17(24)18(3,4)5)16(27-11)22-8-21-12-10(2)19-7-20-15(12)22/h7-8,11,13-14,16,23H,6,9H2,1-5H3/t11-,13+,14?,16-/m1/s1. The Labute approximate surface area is 157 Å². The molecule has 0 aromatic carbocycles. The van der Waals surface area contributed by atoms with Gasteiger partial charge in [-0.15, -0.1) is 0 Å². The molecule has 0 amide bonds. The van der Waals surface area contributed by atoms with E-state index in [1.165, 1.54) is 6.33 Å². The summed E-state index contributed by atoms with van der Waals surface area (Å²) in [5, 5.41) is 10.6. The second kappa shape index (κ2) is 7.49. The Hall–Kier alpha value is -2.10. The maximum absolute atomic E-state index is 11.9. The van der Waals surface area contributed by atoms with Gasteiger partial charge < -0.3 is 19.3 Å². The van der Waals surface area contributed by atoms with Crippen molar-refractivity contribution in [1.82, 2.24) is 19.5 Å². The van der Waals surface area contributed by atoms with E-state index in [9.17, 15) is 9.90 Å². The maximum atomic E-state index is 11.9. The van der Waals surface area contributed by atoms with Gasteiger partial charge in [-0.3, -0.25) is 9.36 Å². The number of fused-ring (bicyclic) bond motifs is 1. The highest BCUT2D eigenvalue weighted by Crippen LogP contribution is 2.35. The van der Waals surface area contributed by atoms with Crippen LogP contribution >= 0.6 is 0 Å². The van der Waals surface area contributed by atoms with Crippen LogP contribution < -0.4 is 0 Å². The molecule has 2 aromatic rings. The number of aromatic nitrogens is 4. The van der Waals surface area contributed by atoms with Crippen molar-refractivity contribution in [3.63, 3.8) is 0 Å². The first kappa shape index (κ1) is 19.7. The zero-order valence-electron chi connectivity index (χ0n) is 16.2. The van der Waals surface area contributed by atoms with Crippen LogP contribution in [0.2, 0.25) is 0 Å². The maximum Gasteiger partial charge on any atom is 0.313 e. The van der Waals surface area contributed by atoms with E-state index in [4.69, 9.17) is 14.2 Å². The minimum atomic E-state index is -0.867. The van der Waals surface area contributed by atoms with Gasteiger partial charge in [-0.05, 0) is 34.1 Å². The van der Waals surface area contributed by atoms with E-state index in [-0.39, 0.29) is 12.8 Å². The smallest absolute Gasteiger partial charge is 0.313 e. The van der Waals surface area contributed by atoms with E-state index in [0.29, 0.717) is 17.6 Å². The fourth-order valence-electron chi connectivity index (χ4n) is 3.00. The zero-order valence-corrected chi connectivity index (χ0v) is 16.2. The number of ether oxygens (including phenoxy) is 3. The van der Waals surface area contributed by atoms with Gasteiger partial charge in [-0.2, -0.15) is 0 Å². The minimum absolute atomic E-state index is 0.269. The number of hydrogen-bond acceptors (Lipinski definition) is 8. The SMILES string of the molecule is CC[C@H]1O[C@@H](n2cnc3c(C)ncnc32)C(OCOC(=O)C(C)(C)C)[C@H]1O. The lowest BCUT2D eigenvalue weighted by Gasteiger charge is -2.23. The molecule has 1 fully saturated rings. The van der Waals surface area contributed by atoms with E-state index < -0.39 is 30.0 Å². The van der Waals surface area contributed by atoms with Crippen LogP contribution in [0.5, 0.6) is 0 Å². The third kappa shape index (κ3) is 3.80. The third-order valence-corrected chi connectivity index (χ3v) is 4.59. The number of imidazole rings is 1. The normalized spacial score (nSPS) is 25.9. The fourth-order valence-corrected chi connectivity index (χ4v) is 3.00. The molecular weight excluding hydrogens is 352 g/mol. The van der Waals surface area contributed by atoms with E-state index in [0.717, 1.165) is 5.69 Å². The van der Waals surface area contributed by atoms with Gasteiger partial charge >= 0.3 is 5.97 Å². The molecule has 4 atom stereocenters. The fraction of sp³-hybridized carbons (Fsp3) is 0.667. The van der Waals surface area contributed by atoms with Gasteiger partial charge in [0.2, 0.25) is 0 Å². The van der Waals surface area contributed by atoms with Gasteiger partial charge in [0.15, 0.2) is 18.7 Å². The van der Waals surface area contributed by atoms with E-state index in [1.54, 1.807) is 31.7 Å². The summed E-state index contributed by atoms with van der Waals surface area (Å²) in [6.45, 7) is 8.79. The Morgan fingerprint density at radius 3 is 2.74 bits per heavy atom. The first-order valence-corrected chi connectivity index (χ1v) is 9.00. The van der Waals surface area contributed by atoms with E-state index in [2.05, 4.69) is 15.0 Å². The lowest BCUT2D eigenvalue weighted by atomic mass is 9.98. The number of carbonyl (C=O) groups is 1. The number of aliphatic hydroxyl groups excluding tert-OH is 1. The van der Waals surface area contributed by atoms with Crippen LogP contribution in [0.15, 0.2) is 12.7 Å². The molecule has 0 aliphatic carbocycles. The molecule has 3 rings (SSSR count). The molecule has 1 saturated heterocycles. The molecule has 1 aliphatic heterocycles. The molecule has 1 unspecified atom stereocenters. The predicted molar refractivity (Wildman–Crippen MR) is 95.6 cm³/mol.